The van der Waals surface area contributed by atoms with Crippen molar-refractivity contribution in [2.45, 2.75) is 63.5 Å². The first kappa shape index (κ1) is 108. The quantitative estimate of drug-likeness (QED) is 0.00535. The van der Waals surface area contributed by atoms with Crippen LogP contribution in [-0.2, 0) is 137 Å². The van der Waals surface area contributed by atoms with Crippen LogP contribution in [0.15, 0.2) is 183 Å². The van der Waals surface area contributed by atoms with Crippen LogP contribution in [0.1, 0.15) is 65.0 Å². The van der Waals surface area contributed by atoms with E-state index in [1.54, 1.807) is 69.9 Å². The fourth-order valence-corrected chi connectivity index (χ4v) is 20.3. The molecular weight excluding hydrogens is 1830 g/mol. The molecule has 0 spiro atoms. The average molecular weight is 1960 g/mol. The van der Waals surface area contributed by atoms with Gasteiger partial charge in [0.2, 0.25) is 11.6 Å². The first-order chi connectivity index (χ1) is 64.0. The second-order valence-electron chi connectivity index (χ2n) is 30.5. The van der Waals surface area contributed by atoms with E-state index in [4.69, 9.17) is 80.5 Å². The number of amides is 2. The molecule has 0 fully saturated rings. The highest BCUT2D eigenvalue weighted by Crippen LogP contribution is 2.54. The summed E-state index contributed by atoms with van der Waals surface area (Å²) < 4.78 is 246. The number of esters is 1. The number of fused-ring (bicyclic) bond motifs is 6. The summed E-state index contributed by atoms with van der Waals surface area (Å²) in [6.45, 7) is 10.8. The van der Waals surface area contributed by atoms with E-state index in [1.807, 2.05) is 96.1 Å². The topological polar surface area (TPSA) is 456 Å². The number of carbonyl (C=O) groups excluding carboxylic acids is 3. The van der Waals surface area contributed by atoms with Gasteiger partial charge < -0.3 is 96.1 Å². The molecule has 9 rings (SSSR count). The van der Waals surface area contributed by atoms with Crippen LogP contribution in [0.5, 0.6) is 0 Å². The van der Waals surface area contributed by atoms with Crippen LogP contribution in [0.3, 0.4) is 0 Å². The third-order valence-corrected chi connectivity index (χ3v) is 27.5. The Hall–Kier alpha value is -8.41. The van der Waals surface area contributed by atoms with Gasteiger partial charge in [-0.1, -0.05) is 85.0 Å². The first-order valence-electron chi connectivity index (χ1n) is 43.3. The van der Waals surface area contributed by atoms with Crippen LogP contribution in [0.2, 0.25) is 0 Å². The zero-order valence-electron chi connectivity index (χ0n) is 75.7. The molecule has 730 valence electrons. The van der Waals surface area contributed by atoms with Gasteiger partial charge in [0.1, 0.15) is 16.4 Å². The number of nitrogens with one attached hydrogen (secondary N) is 2. The number of hydrogen-bond acceptors (Lipinski definition) is 29. The smallest absolute Gasteiger partial charge is 0.338 e. The molecule has 2 heterocycles. The van der Waals surface area contributed by atoms with Crippen molar-refractivity contribution >= 4 is 121 Å². The zero-order valence-corrected chi connectivity index (χ0v) is 79.8. The standard InChI is InChI=1S/C92H121N4O32PS4/c1-91(29-36-117-47-52-125-59-56-121-43-40-112-3)84(95(33-38-119-49-54-127-61-58-123-45-42-114-5)79-26-24-74-77(87(79)91)65-72(130(100,101)102)67-82(74)132(106,107)108)20-14-9-15-21-85-92(2,30-37-118-48-53-126-60-57-122-44-41-113-4)88-78-66-73(131(103,104)105)68-83(133(109,110)111)75(78)25-27-80(88)96(85)34-39-120-50-55-128-63-62-124-51-46-116-35-28-86(97)93-31-32-94-89(98)69-22-23-76(90(99)115-6)81(64-69)129(70-16-10-7-11-17-70)71-18-12-8-13-19-71/h7-27,64-68H,28-63H2,1-6H3,(H5-,93,94,97,98,100,101,102,103,104,105,106,107,108,109,110,111)/p+1. The van der Waals surface area contributed by atoms with Crippen molar-refractivity contribution in [3.8, 4) is 0 Å². The predicted octanol–water partition coefficient (Wildman–Crippen LogP) is 7.53. The number of anilines is 1. The summed E-state index contributed by atoms with van der Waals surface area (Å²) in [5, 5.41) is 8.30. The number of benzene rings is 7. The summed E-state index contributed by atoms with van der Waals surface area (Å²) >= 11 is 0. The second kappa shape index (κ2) is 55.1. The van der Waals surface area contributed by atoms with Crippen molar-refractivity contribution in [3.63, 3.8) is 0 Å². The van der Waals surface area contributed by atoms with Crippen molar-refractivity contribution in [1.82, 2.24) is 10.6 Å². The molecule has 2 unspecified atom stereocenters. The molecule has 0 aliphatic carbocycles. The molecule has 0 bridgehead atoms. The maximum absolute atomic E-state index is 13.5. The Morgan fingerprint density at radius 2 is 0.842 bits per heavy atom. The summed E-state index contributed by atoms with van der Waals surface area (Å²) in [4.78, 5) is 38.2. The third kappa shape index (κ3) is 32.4. The van der Waals surface area contributed by atoms with E-state index in [1.165, 1.54) is 19.2 Å². The lowest BCUT2D eigenvalue weighted by molar-refractivity contribution is -0.442. The molecule has 7 aromatic rings. The second-order valence-corrected chi connectivity index (χ2v) is 38.3. The van der Waals surface area contributed by atoms with Crippen LogP contribution in [0, 0.1) is 0 Å². The van der Waals surface area contributed by atoms with Crippen molar-refractivity contribution in [1.29, 1.82) is 0 Å². The average Bonchev–Trinajstić information content (AvgIpc) is 1.56. The summed E-state index contributed by atoms with van der Waals surface area (Å²) in [5.74, 6) is -1.20. The van der Waals surface area contributed by atoms with E-state index >= 15 is 0 Å². The van der Waals surface area contributed by atoms with E-state index in [-0.39, 0.29) is 204 Å². The fourth-order valence-electron chi connectivity index (χ4n) is 15.2. The van der Waals surface area contributed by atoms with Gasteiger partial charge in [-0.15, -0.1) is 0 Å². The highest BCUT2D eigenvalue weighted by atomic mass is 32.2. The van der Waals surface area contributed by atoms with Gasteiger partial charge in [0.25, 0.3) is 46.4 Å². The molecule has 0 aromatic heterocycles. The first-order valence-corrected chi connectivity index (χ1v) is 50.4. The molecule has 6 N–H and O–H groups in total. The summed E-state index contributed by atoms with van der Waals surface area (Å²) in [6.07, 6.45) is 9.21. The molecule has 133 heavy (non-hydrogen) atoms. The fraction of sp³-hybridized carbons (Fsp3) is 0.478. The van der Waals surface area contributed by atoms with Crippen LogP contribution in [0.4, 0.5) is 11.4 Å². The van der Waals surface area contributed by atoms with Gasteiger partial charge in [-0.2, -0.15) is 38.2 Å². The SMILES string of the molecule is COCCOCCOCCOCC[N+]1=C(C=CC=CC=C2N(CCOCCOCCOCCOCCC(=O)NCCNC(=O)c3ccc(C(=O)OC)c(P(c4ccccc4)c4ccccc4)c3)c3ccc4c(S(=O)(=O)O)cc(S(=O)(=O)O)cc4c3C2(C)CCOCCOCCOCCOC)C(C)(CCOCCOCCOCCOC)c2c1ccc1c(S(=O)(=O)O)cc(S(=O)(=O)O)cc21. The van der Waals surface area contributed by atoms with Gasteiger partial charge in [-0.3, -0.25) is 27.8 Å². The lowest BCUT2D eigenvalue weighted by Crippen LogP contribution is -2.35. The van der Waals surface area contributed by atoms with E-state index in [0.29, 0.717) is 129 Å². The Morgan fingerprint density at radius 3 is 1.30 bits per heavy atom. The van der Waals surface area contributed by atoms with E-state index in [9.17, 15) is 66.3 Å². The molecule has 2 aliphatic heterocycles. The number of ether oxygens (including phenoxy) is 17. The zero-order chi connectivity index (χ0) is 95.7. The Balaban J connectivity index is 0.907. The van der Waals surface area contributed by atoms with Crippen LogP contribution < -0.4 is 31.4 Å². The monoisotopic (exact) mass is 1950 g/mol. The van der Waals surface area contributed by atoms with E-state index in [2.05, 4.69) is 10.6 Å². The number of allylic oxidation sites excluding steroid dienone is 6. The minimum absolute atomic E-state index is 0.0461. The van der Waals surface area contributed by atoms with Crippen molar-refractivity contribution in [2.75, 3.05) is 251 Å². The molecule has 0 saturated heterocycles. The largest absolute Gasteiger partial charge is 0.465 e. The Kier molecular flexibility index (Phi) is 44.9. The highest BCUT2D eigenvalue weighted by Gasteiger charge is 2.50. The predicted molar refractivity (Wildman–Crippen MR) is 497 cm³/mol. The van der Waals surface area contributed by atoms with Crippen molar-refractivity contribution in [2.24, 2.45) is 0 Å². The summed E-state index contributed by atoms with van der Waals surface area (Å²) in [5.41, 5.74) is 1.18. The molecule has 0 saturated carbocycles. The lowest BCUT2D eigenvalue weighted by Gasteiger charge is -2.31. The maximum Gasteiger partial charge on any atom is 0.338 e. The van der Waals surface area contributed by atoms with Crippen LogP contribution in [0.25, 0.3) is 21.5 Å². The van der Waals surface area contributed by atoms with Crippen molar-refractivity contribution < 1.29 is 151 Å². The van der Waals surface area contributed by atoms with Crippen LogP contribution >= 0.6 is 7.92 Å². The number of hydrogen-bond donors (Lipinski definition) is 6. The highest BCUT2D eigenvalue weighted by molar-refractivity contribution is 7.87. The number of nitrogens with zero attached hydrogens (tertiary/aromatic N) is 2. The normalized spacial score (nSPS) is 15.7. The number of methoxy groups -OCH3 is 4. The van der Waals surface area contributed by atoms with E-state index < -0.39 is 84.8 Å². The molecule has 0 radical (unpaired) electrons. The Labute approximate surface area is 778 Å². The summed E-state index contributed by atoms with van der Waals surface area (Å²) in [7, 11) is -15.8. The molecule has 2 amide bonds. The number of carbonyl (C=O) groups is 3. The van der Waals surface area contributed by atoms with Gasteiger partial charge in [0, 0.05) is 117 Å². The molecule has 41 heteroatoms. The third-order valence-electron chi connectivity index (χ3n) is 21.6. The maximum atomic E-state index is 13.5. The summed E-state index contributed by atoms with van der Waals surface area (Å²) in [6, 6.07) is 34.3. The number of rotatable bonds is 66. The van der Waals surface area contributed by atoms with Gasteiger partial charge in [-0.25, -0.2) is 4.79 Å². The van der Waals surface area contributed by atoms with Gasteiger partial charge in [0.15, 0.2) is 12.3 Å². The van der Waals surface area contributed by atoms with Crippen LogP contribution in [-0.4, -0.2) is 326 Å². The molecule has 2 aliphatic rings. The minimum Gasteiger partial charge on any atom is -0.465 e. The molecule has 36 nitrogen and oxygen atoms in total. The van der Waals surface area contributed by atoms with Gasteiger partial charge in [0.05, 0.1) is 200 Å². The van der Waals surface area contributed by atoms with Gasteiger partial charge in [-0.05, 0) is 122 Å². The Morgan fingerprint density at radius 1 is 0.421 bits per heavy atom. The molecule has 2 atom stereocenters. The minimum atomic E-state index is -5.17. The van der Waals surface area contributed by atoms with E-state index in [0.717, 1.165) is 22.7 Å². The molecular formula is C92H122N4O32PS4+. The van der Waals surface area contributed by atoms with Crippen molar-refractivity contribution in [3.05, 3.63) is 186 Å². The molecule has 7 aromatic carbocycles. The Bertz CT molecular complexity index is 5500. The lowest BCUT2D eigenvalue weighted by atomic mass is 9.75. The van der Waals surface area contributed by atoms with Gasteiger partial charge >= 0.3 is 5.97 Å².